The maximum atomic E-state index is 10.6. The van der Waals surface area contributed by atoms with Crippen molar-refractivity contribution in [3.8, 4) is 0 Å². The molecule has 0 rings (SSSR count). The zero-order valence-electron chi connectivity index (χ0n) is 5.83. The highest BCUT2D eigenvalue weighted by Crippen LogP contribution is 1.90. The van der Waals surface area contributed by atoms with Gasteiger partial charge in [0, 0.05) is 6.42 Å². The van der Waals surface area contributed by atoms with E-state index in [2.05, 4.69) is 4.72 Å². The van der Waals surface area contributed by atoms with E-state index in [1.54, 1.807) is 0 Å². The Bertz CT molecular complexity index is 185. The molecule has 0 bridgehead atoms. The summed E-state index contributed by atoms with van der Waals surface area (Å²) in [6.45, 7) is 0. The van der Waals surface area contributed by atoms with Gasteiger partial charge in [-0.2, -0.15) is 0 Å². The Kier molecular flexibility index (Phi) is 4.22. The number of carbonyl (C=O) groups excluding carboxylic acids is 1. The molecule has 0 aliphatic carbocycles. The summed E-state index contributed by atoms with van der Waals surface area (Å²) in [6, 6.07) is 0. The summed E-state index contributed by atoms with van der Waals surface area (Å²) in [7, 11) is -1.74. The first kappa shape index (κ1) is 9.58. The van der Waals surface area contributed by atoms with E-state index in [1.807, 2.05) is 0 Å². The molecule has 0 aromatic heterocycles. The summed E-state index contributed by atoms with van der Waals surface area (Å²) in [4.78, 5) is 9.76. The van der Waals surface area contributed by atoms with Gasteiger partial charge in [0.15, 0.2) is 0 Å². The van der Waals surface area contributed by atoms with Crippen LogP contribution in [0.4, 0.5) is 0 Å². The predicted molar refractivity (Wildman–Crippen MR) is 38.1 cm³/mol. The molecular weight excluding hydrogens is 154 g/mol. The van der Waals surface area contributed by atoms with E-state index >= 15 is 0 Å². The second kappa shape index (κ2) is 4.40. The van der Waals surface area contributed by atoms with Crippen LogP contribution < -0.4 is 4.72 Å². The standard InChI is InChI=1S/C5H11NO3S/c1-6-10(8,9)5-3-2-4-7/h4,6H,2-3,5H2,1H3. The van der Waals surface area contributed by atoms with Gasteiger partial charge in [0.2, 0.25) is 10.0 Å². The fraction of sp³-hybridized carbons (Fsp3) is 0.800. The van der Waals surface area contributed by atoms with Crippen LogP contribution in [0.15, 0.2) is 0 Å². The molecule has 0 aliphatic heterocycles. The molecule has 0 fully saturated rings. The minimum Gasteiger partial charge on any atom is -0.303 e. The van der Waals surface area contributed by atoms with Gasteiger partial charge in [-0.1, -0.05) is 0 Å². The summed E-state index contributed by atoms with van der Waals surface area (Å²) in [5.41, 5.74) is 0. The van der Waals surface area contributed by atoms with Gasteiger partial charge in [-0.05, 0) is 13.5 Å². The van der Waals surface area contributed by atoms with Crippen molar-refractivity contribution in [3.63, 3.8) is 0 Å². The van der Waals surface area contributed by atoms with E-state index in [-0.39, 0.29) is 5.75 Å². The highest BCUT2D eigenvalue weighted by atomic mass is 32.2. The summed E-state index contributed by atoms with van der Waals surface area (Å²) in [5, 5.41) is 0. The number of nitrogens with one attached hydrogen (secondary N) is 1. The van der Waals surface area contributed by atoms with Gasteiger partial charge in [0.05, 0.1) is 5.75 Å². The van der Waals surface area contributed by atoms with Crippen LogP contribution >= 0.6 is 0 Å². The first-order chi connectivity index (χ1) is 4.62. The molecule has 0 spiro atoms. The molecule has 0 amide bonds. The third kappa shape index (κ3) is 4.46. The largest absolute Gasteiger partial charge is 0.303 e. The summed E-state index contributed by atoms with van der Waals surface area (Å²) in [5.74, 6) is 0.0300. The van der Waals surface area contributed by atoms with Crippen LogP contribution in [-0.4, -0.2) is 27.5 Å². The molecule has 0 aliphatic rings. The zero-order valence-corrected chi connectivity index (χ0v) is 6.65. The van der Waals surface area contributed by atoms with E-state index in [0.717, 1.165) is 0 Å². The lowest BCUT2D eigenvalue weighted by Gasteiger charge is -1.97. The van der Waals surface area contributed by atoms with Gasteiger partial charge in [-0.3, -0.25) is 0 Å². The number of carbonyl (C=O) groups is 1. The molecule has 0 radical (unpaired) electrons. The average Bonchev–Trinajstić information content (AvgIpc) is 1.89. The van der Waals surface area contributed by atoms with Crippen molar-refractivity contribution in [2.75, 3.05) is 12.8 Å². The van der Waals surface area contributed by atoms with E-state index in [1.165, 1.54) is 7.05 Å². The van der Waals surface area contributed by atoms with Crippen molar-refractivity contribution < 1.29 is 13.2 Å². The Morgan fingerprint density at radius 1 is 1.50 bits per heavy atom. The van der Waals surface area contributed by atoms with Crippen LogP contribution in [0.2, 0.25) is 0 Å². The third-order valence-electron chi connectivity index (χ3n) is 1.05. The first-order valence-corrected chi connectivity index (χ1v) is 4.62. The van der Waals surface area contributed by atoms with Gasteiger partial charge < -0.3 is 4.79 Å². The lowest BCUT2D eigenvalue weighted by Crippen LogP contribution is -2.21. The van der Waals surface area contributed by atoms with Crippen LogP contribution in [-0.2, 0) is 14.8 Å². The minimum atomic E-state index is -3.10. The number of sulfonamides is 1. The normalized spacial score (nSPS) is 11.3. The summed E-state index contributed by atoms with van der Waals surface area (Å²) in [6.07, 6.45) is 1.42. The Labute approximate surface area is 60.7 Å². The van der Waals surface area contributed by atoms with Crippen molar-refractivity contribution in [2.45, 2.75) is 12.8 Å². The van der Waals surface area contributed by atoms with Gasteiger partial charge in [-0.25, -0.2) is 13.1 Å². The molecule has 0 saturated heterocycles. The van der Waals surface area contributed by atoms with Crippen LogP contribution in [0.5, 0.6) is 0 Å². The number of rotatable bonds is 5. The molecule has 0 aromatic carbocycles. The molecule has 1 N–H and O–H groups in total. The Morgan fingerprint density at radius 3 is 2.50 bits per heavy atom. The Balaban J connectivity index is 3.58. The van der Waals surface area contributed by atoms with Crippen molar-refractivity contribution >= 4 is 16.3 Å². The van der Waals surface area contributed by atoms with E-state index in [9.17, 15) is 13.2 Å². The van der Waals surface area contributed by atoms with E-state index in [0.29, 0.717) is 19.1 Å². The Morgan fingerprint density at radius 2 is 2.10 bits per heavy atom. The fourth-order valence-corrected chi connectivity index (χ4v) is 1.21. The summed E-state index contributed by atoms with van der Waals surface area (Å²) < 4.78 is 23.5. The smallest absolute Gasteiger partial charge is 0.211 e. The lowest BCUT2D eigenvalue weighted by molar-refractivity contribution is -0.107. The maximum absolute atomic E-state index is 10.6. The van der Waals surface area contributed by atoms with Gasteiger partial charge >= 0.3 is 0 Å². The molecule has 0 saturated carbocycles. The SMILES string of the molecule is CNS(=O)(=O)CCCC=O. The molecular formula is C5H11NO3S. The van der Waals surface area contributed by atoms with E-state index < -0.39 is 10.0 Å². The topological polar surface area (TPSA) is 63.2 Å². The monoisotopic (exact) mass is 165 g/mol. The second-order valence-electron chi connectivity index (χ2n) is 1.83. The Hall–Kier alpha value is -0.420. The zero-order chi connectivity index (χ0) is 8.04. The van der Waals surface area contributed by atoms with Gasteiger partial charge in [0.25, 0.3) is 0 Å². The molecule has 0 unspecified atom stereocenters. The molecule has 0 atom stereocenters. The van der Waals surface area contributed by atoms with Crippen molar-refractivity contribution in [3.05, 3.63) is 0 Å². The molecule has 60 valence electrons. The van der Waals surface area contributed by atoms with E-state index in [4.69, 9.17) is 0 Å². The highest BCUT2D eigenvalue weighted by molar-refractivity contribution is 7.89. The molecule has 0 heterocycles. The highest BCUT2D eigenvalue weighted by Gasteiger charge is 2.04. The fourth-order valence-electron chi connectivity index (χ4n) is 0.459. The molecule has 0 aromatic rings. The predicted octanol–water partition coefficient (Wildman–Crippen LogP) is -0.485. The number of hydrogen-bond donors (Lipinski definition) is 1. The van der Waals surface area contributed by atoms with Crippen LogP contribution in [0.25, 0.3) is 0 Å². The lowest BCUT2D eigenvalue weighted by atomic mass is 10.4. The van der Waals surface area contributed by atoms with Crippen LogP contribution in [0.1, 0.15) is 12.8 Å². The second-order valence-corrected chi connectivity index (χ2v) is 3.88. The maximum Gasteiger partial charge on any atom is 0.211 e. The van der Waals surface area contributed by atoms with Crippen molar-refractivity contribution in [2.24, 2.45) is 0 Å². The number of aldehydes is 1. The first-order valence-electron chi connectivity index (χ1n) is 2.97. The van der Waals surface area contributed by atoms with Crippen LogP contribution in [0, 0.1) is 0 Å². The van der Waals surface area contributed by atoms with Gasteiger partial charge in [-0.15, -0.1) is 0 Å². The minimum absolute atomic E-state index is 0.0300. The average molecular weight is 165 g/mol. The summed E-state index contributed by atoms with van der Waals surface area (Å²) >= 11 is 0. The molecule has 5 heteroatoms. The van der Waals surface area contributed by atoms with Crippen molar-refractivity contribution in [1.82, 2.24) is 4.72 Å². The quantitative estimate of drug-likeness (QED) is 0.442. The van der Waals surface area contributed by atoms with Crippen molar-refractivity contribution in [1.29, 1.82) is 0 Å². The number of hydrogen-bond acceptors (Lipinski definition) is 3. The van der Waals surface area contributed by atoms with Crippen LogP contribution in [0.3, 0.4) is 0 Å². The van der Waals surface area contributed by atoms with Gasteiger partial charge in [0.1, 0.15) is 6.29 Å². The third-order valence-corrected chi connectivity index (χ3v) is 2.49. The molecule has 4 nitrogen and oxygen atoms in total. The number of unbranched alkanes of at least 4 members (excludes halogenated alkanes) is 1. The molecule has 10 heavy (non-hydrogen) atoms.